The fraction of sp³-hybridized carbons (Fsp3) is 0.375. The van der Waals surface area contributed by atoms with Crippen molar-refractivity contribution in [2.75, 3.05) is 13.1 Å². The van der Waals surface area contributed by atoms with Crippen molar-refractivity contribution < 1.29 is 4.74 Å². The third-order valence-electron chi connectivity index (χ3n) is 1.77. The van der Waals surface area contributed by atoms with Crippen LogP contribution in [0.4, 0.5) is 0 Å². The van der Waals surface area contributed by atoms with Gasteiger partial charge >= 0.3 is 0 Å². The van der Waals surface area contributed by atoms with E-state index in [0.717, 1.165) is 23.3 Å². The molecule has 1 aliphatic rings. The van der Waals surface area contributed by atoms with Gasteiger partial charge in [-0.2, -0.15) is 0 Å². The predicted octanol–water partition coefficient (Wildman–Crippen LogP) is 1.19. The first kappa shape index (κ1) is 8.01. The number of pyridine rings is 1. The molecule has 0 radical (unpaired) electrons. The van der Waals surface area contributed by atoms with Gasteiger partial charge in [0.1, 0.15) is 11.9 Å². The van der Waals surface area contributed by atoms with E-state index in [0.29, 0.717) is 6.10 Å². The van der Waals surface area contributed by atoms with Crippen molar-refractivity contribution in [2.45, 2.75) is 6.10 Å². The van der Waals surface area contributed by atoms with Crippen molar-refractivity contribution in [3.63, 3.8) is 0 Å². The van der Waals surface area contributed by atoms with Gasteiger partial charge in [0.15, 0.2) is 0 Å². The first-order valence-electron chi connectivity index (χ1n) is 3.83. The molecule has 0 unspecified atom stereocenters. The SMILES string of the molecule is Brc1cnccc1OC1CNC1. The van der Waals surface area contributed by atoms with Crippen LogP contribution in [0.1, 0.15) is 0 Å². The second-order valence-electron chi connectivity index (χ2n) is 2.70. The average molecular weight is 229 g/mol. The zero-order valence-corrected chi connectivity index (χ0v) is 8.04. The second-order valence-corrected chi connectivity index (χ2v) is 3.56. The van der Waals surface area contributed by atoms with Crippen LogP contribution < -0.4 is 10.1 Å². The number of hydrogen-bond donors (Lipinski definition) is 1. The maximum atomic E-state index is 5.63. The molecule has 1 saturated heterocycles. The molecule has 2 heterocycles. The van der Waals surface area contributed by atoms with Crippen molar-refractivity contribution in [2.24, 2.45) is 0 Å². The van der Waals surface area contributed by atoms with Gasteiger partial charge in [-0.1, -0.05) is 0 Å². The predicted molar refractivity (Wildman–Crippen MR) is 49.2 cm³/mol. The van der Waals surface area contributed by atoms with Gasteiger partial charge in [0.2, 0.25) is 0 Å². The van der Waals surface area contributed by atoms with Gasteiger partial charge in [-0.3, -0.25) is 4.98 Å². The van der Waals surface area contributed by atoms with Crippen LogP contribution in [0.3, 0.4) is 0 Å². The fourth-order valence-corrected chi connectivity index (χ4v) is 1.33. The van der Waals surface area contributed by atoms with E-state index in [2.05, 4.69) is 26.2 Å². The van der Waals surface area contributed by atoms with Crippen LogP contribution in [-0.2, 0) is 0 Å². The number of nitrogens with one attached hydrogen (secondary N) is 1. The first-order chi connectivity index (χ1) is 5.86. The van der Waals surface area contributed by atoms with Crippen LogP contribution in [0, 0.1) is 0 Å². The molecule has 12 heavy (non-hydrogen) atoms. The fourth-order valence-electron chi connectivity index (χ4n) is 0.983. The molecule has 4 heteroatoms. The summed E-state index contributed by atoms with van der Waals surface area (Å²) >= 11 is 3.37. The highest BCUT2D eigenvalue weighted by Crippen LogP contribution is 2.24. The topological polar surface area (TPSA) is 34.1 Å². The van der Waals surface area contributed by atoms with Gasteiger partial charge in [-0.05, 0) is 22.0 Å². The molecule has 0 aromatic carbocycles. The van der Waals surface area contributed by atoms with Gasteiger partial charge < -0.3 is 10.1 Å². The first-order valence-corrected chi connectivity index (χ1v) is 4.62. The van der Waals surface area contributed by atoms with Crippen LogP contribution in [-0.4, -0.2) is 24.2 Å². The summed E-state index contributed by atoms with van der Waals surface area (Å²) in [6.45, 7) is 1.88. The summed E-state index contributed by atoms with van der Waals surface area (Å²) in [5.41, 5.74) is 0. The molecular formula is C8H9BrN2O. The third-order valence-corrected chi connectivity index (χ3v) is 2.37. The minimum atomic E-state index is 0.323. The van der Waals surface area contributed by atoms with Crippen LogP contribution in [0.5, 0.6) is 5.75 Å². The maximum Gasteiger partial charge on any atom is 0.137 e. The monoisotopic (exact) mass is 228 g/mol. The highest BCUT2D eigenvalue weighted by Gasteiger charge is 2.18. The Hall–Kier alpha value is -0.610. The standard InChI is InChI=1S/C8H9BrN2O/c9-7-5-10-2-1-8(7)12-6-3-11-4-6/h1-2,5-6,11H,3-4H2. The van der Waals surface area contributed by atoms with E-state index in [4.69, 9.17) is 4.74 Å². The molecule has 0 saturated carbocycles. The lowest BCUT2D eigenvalue weighted by molar-refractivity contribution is 0.141. The molecule has 0 bridgehead atoms. The highest BCUT2D eigenvalue weighted by molar-refractivity contribution is 9.10. The summed E-state index contributed by atoms with van der Waals surface area (Å²) in [4.78, 5) is 3.95. The van der Waals surface area contributed by atoms with E-state index >= 15 is 0 Å². The number of ether oxygens (including phenoxy) is 1. The molecule has 2 rings (SSSR count). The maximum absolute atomic E-state index is 5.63. The van der Waals surface area contributed by atoms with E-state index < -0.39 is 0 Å². The quantitative estimate of drug-likeness (QED) is 0.827. The molecule has 1 aromatic rings. The number of halogens is 1. The van der Waals surface area contributed by atoms with Gasteiger partial charge in [0.05, 0.1) is 4.47 Å². The molecule has 1 fully saturated rings. The lowest BCUT2D eigenvalue weighted by Crippen LogP contribution is -2.50. The summed E-state index contributed by atoms with van der Waals surface area (Å²) in [5.74, 6) is 0.872. The van der Waals surface area contributed by atoms with Crippen LogP contribution in [0.15, 0.2) is 22.9 Å². The van der Waals surface area contributed by atoms with E-state index in [1.54, 1.807) is 12.4 Å². The van der Waals surface area contributed by atoms with Crippen LogP contribution in [0.2, 0.25) is 0 Å². The Kier molecular flexibility index (Phi) is 2.28. The number of hydrogen-bond acceptors (Lipinski definition) is 3. The third kappa shape index (κ3) is 1.59. The zero-order chi connectivity index (χ0) is 8.39. The van der Waals surface area contributed by atoms with Gasteiger partial charge in [0.25, 0.3) is 0 Å². The molecule has 0 spiro atoms. The number of rotatable bonds is 2. The molecule has 1 aromatic heterocycles. The number of aromatic nitrogens is 1. The molecule has 0 atom stereocenters. The largest absolute Gasteiger partial charge is 0.486 e. The summed E-state index contributed by atoms with van der Waals surface area (Å²) < 4.78 is 6.55. The van der Waals surface area contributed by atoms with Crippen molar-refractivity contribution in [1.29, 1.82) is 0 Å². The van der Waals surface area contributed by atoms with Crippen molar-refractivity contribution in [3.8, 4) is 5.75 Å². The Morgan fingerprint density at radius 2 is 2.42 bits per heavy atom. The van der Waals surface area contributed by atoms with Gasteiger partial charge in [-0.25, -0.2) is 0 Å². The normalized spacial score (nSPS) is 17.1. The number of nitrogens with zero attached hydrogens (tertiary/aromatic N) is 1. The minimum absolute atomic E-state index is 0.323. The lowest BCUT2D eigenvalue weighted by atomic mass is 10.2. The molecule has 1 aliphatic heterocycles. The summed E-state index contributed by atoms with van der Waals surface area (Å²) in [6, 6.07) is 1.86. The summed E-state index contributed by atoms with van der Waals surface area (Å²) in [6.07, 6.45) is 3.79. The Bertz CT molecular complexity index is 276. The second kappa shape index (κ2) is 3.41. The van der Waals surface area contributed by atoms with Gasteiger partial charge in [0, 0.05) is 25.5 Å². The molecule has 64 valence electrons. The Labute approximate surface area is 79.3 Å². The Balaban J connectivity index is 2.06. The van der Waals surface area contributed by atoms with Gasteiger partial charge in [-0.15, -0.1) is 0 Å². The van der Waals surface area contributed by atoms with Crippen LogP contribution >= 0.6 is 15.9 Å². The van der Waals surface area contributed by atoms with E-state index in [-0.39, 0.29) is 0 Å². The zero-order valence-electron chi connectivity index (χ0n) is 6.46. The van der Waals surface area contributed by atoms with Crippen molar-refractivity contribution in [1.82, 2.24) is 10.3 Å². The van der Waals surface area contributed by atoms with E-state index in [9.17, 15) is 0 Å². The summed E-state index contributed by atoms with van der Waals surface area (Å²) in [5, 5.41) is 3.14. The molecule has 1 N–H and O–H groups in total. The smallest absolute Gasteiger partial charge is 0.137 e. The van der Waals surface area contributed by atoms with Crippen LogP contribution in [0.25, 0.3) is 0 Å². The Morgan fingerprint density at radius 3 is 3.00 bits per heavy atom. The molecule has 0 amide bonds. The average Bonchev–Trinajstić information content (AvgIpc) is 2.00. The highest BCUT2D eigenvalue weighted by atomic mass is 79.9. The Morgan fingerprint density at radius 1 is 1.58 bits per heavy atom. The van der Waals surface area contributed by atoms with E-state index in [1.807, 2.05) is 6.07 Å². The van der Waals surface area contributed by atoms with E-state index in [1.165, 1.54) is 0 Å². The molecule has 0 aliphatic carbocycles. The molecular weight excluding hydrogens is 220 g/mol. The molecule has 3 nitrogen and oxygen atoms in total. The minimum Gasteiger partial charge on any atom is -0.486 e. The van der Waals surface area contributed by atoms with Crippen molar-refractivity contribution >= 4 is 15.9 Å². The summed E-state index contributed by atoms with van der Waals surface area (Å²) in [7, 11) is 0. The lowest BCUT2D eigenvalue weighted by Gasteiger charge is -2.28. The van der Waals surface area contributed by atoms with Crippen molar-refractivity contribution in [3.05, 3.63) is 22.9 Å².